The number of hydrogen-bond donors (Lipinski definition) is 1. The summed E-state index contributed by atoms with van der Waals surface area (Å²) in [4.78, 5) is 7.06. The molecule has 0 radical (unpaired) electrons. The fraction of sp³-hybridized carbons (Fsp3) is 0.500. The molecule has 1 atom stereocenters. The minimum absolute atomic E-state index is 0.506. The summed E-state index contributed by atoms with van der Waals surface area (Å²) in [5.41, 5.74) is 7.97. The molecule has 3 rings (SSSR count). The van der Waals surface area contributed by atoms with E-state index < -0.39 is 0 Å². The summed E-state index contributed by atoms with van der Waals surface area (Å²) in [5.74, 6) is 1.63. The molecule has 1 saturated heterocycles. The van der Waals surface area contributed by atoms with Gasteiger partial charge in [-0.1, -0.05) is 6.07 Å². The van der Waals surface area contributed by atoms with Gasteiger partial charge >= 0.3 is 0 Å². The van der Waals surface area contributed by atoms with E-state index in [0.29, 0.717) is 12.5 Å². The van der Waals surface area contributed by atoms with Crippen molar-refractivity contribution >= 4 is 11.5 Å². The first-order chi connectivity index (χ1) is 9.33. The van der Waals surface area contributed by atoms with Crippen molar-refractivity contribution in [1.82, 2.24) is 9.38 Å². The predicted octanol–water partition coefficient (Wildman–Crippen LogP) is 1.27. The van der Waals surface area contributed by atoms with Gasteiger partial charge in [0.2, 0.25) is 0 Å². The van der Waals surface area contributed by atoms with Gasteiger partial charge in [0.1, 0.15) is 5.65 Å². The molecule has 0 aliphatic carbocycles. The monoisotopic (exact) mass is 260 g/mol. The lowest BCUT2D eigenvalue weighted by Crippen LogP contribution is -2.23. The molecule has 2 aromatic rings. The molecule has 102 valence electrons. The van der Waals surface area contributed by atoms with Crippen LogP contribution in [0.15, 0.2) is 24.4 Å². The molecule has 2 aromatic heterocycles. The summed E-state index contributed by atoms with van der Waals surface area (Å²) in [6.45, 7) is 3.36. The summed E-state index contributed by atoms with van der Waals surface area (Å²) < 4.78 is 7.33. The fourth-order valence-corrected chi connectivity index (χ4v) is 2.87. The summed E-state index contributed by atoms with van der Waals surface area (Å²) in [5, 5.41) is 0. The van der Waals surface area contributed by atoms with E-state index in [1.165, 1.54) is 0 Å². The normalized spacial score (nSPS) is 19.5. The molecule has 0 bridgehead atoms. The molecule has 5 heteroatoms. The molecule has 5 nitrogen and oxygen atoms in total. The van der Waals surface area contributed by atoms with Crippen LogP contribution in [0.2, 0.25) is 0 Å². The predicted molar refractivity (Wildman–Crippen MR) is 75.3 cm³/mol. The number of fused-ring (bicyclic) bond motifs is 1. The lowest BCUT2D eigenvalue weighted by Gasteiger charge is -2.17. The van der Waals surface area contributed by atoms with Gasteiger partial charge in [-0.3, -0.25) is 0 Å². The summed E-state index contributed by atoms with van der Waals surface area (Å²) >= 11 is 0. The smallest absolute Gasteiger partial charge is 0.152 e. The third-order valence-electron chi connectivity index (χ3n) is 3.79. The van der Waals surface area contributed by atoms with Gasteiger partial charge in [0.25, 0.3) is 0 Å². The van der Waals surface area contributed by atoms with Crippen molar-refractivity contribution in [2.75, 3.05) is 31.7 Å². The van der Waals surface area contributed by atoms with Crippen LogP contribution < -0.4 is 10.6 Å². The number of ether oxygens (including phenoxy) is 1. The summed E-state index contributed by atoms with van der Waals surface area (Å²) in [6.07, 6.45) is 3.18. The van der Waals surface area contributed by atoms with Crippen LogP contribution >= 0.6 is 0 Å². The molecule has 1 aliphatic rings. The highest BCUT2D eigenvalue weighted by Gasteiger charge is 2.26. The van der Waals surface area contributed by atoms with Crippen molar-refractivity contribution in [3.05, 3.63) is 30.1 Å². The van der Waals surface area contributed by atoms with Gasteiger partial charge in [-0.2, -0.15) is 0 Å². The van der Waals surface area contributed by atoms with Gasteiger partial charge in [0.05, 0.1) is 12.3 Å². The molecule has 0 saturated carbocycles. The van der Waals surface area contributed by atoms with Crippen molar-refractivity contribution in [1.29, 1.82) is 0 Å². The lowest BCUT2D eigenvalue weighted by molar-refractivity contribution is 0.161. The molecule has 2 N–H and O–H groups in total. The molecule has 0 aromatic carbocycles. The Labute approximate surface area is 113 Å². The fourth-order valence-electron chi connectivity index (χ4n) is 2.87. The zero-order valence-electron chi connectivity index (χ0n) is 11.2. The van der Waals surface area contributed by atoms with Crippen molar-refractivity contribution in [2.24, 2.45) is 11.7 Å². The molecule has 1 fully saturated rings. The Morgan fingerprint density at radius 3 is 3.16 bits per heavy atom. The maximum Gasteiger partial charge on any atom is 0.152 e. The number of anilines is 1. The maximum atomic E-state index is 5.91. The van der Waals surface area contributed by atoms with Gasteiger partial charge in [-0.15, -0.1) is 0 Å². The van der Waals surface area contributed by atoms with Crippen LogP contribution in [0, 0.1) is 5.92 Å². The highest BCUT2D eigenvalue weighted by atomic mass is 16.5. The van der Waals surface area contributed by atoms with Gasteiger partial charge in [0.15, 0.2) is 5.82 Å². The van der Waals surface area contributed by atoms with Crippen molar-refractivity contribution < 1.29 is 4.74 Å². The first kappa shape index (κ1) is 12.4. The van der Waals surface area contributed by atoms with Gasteiger partial charge < -0.3 is 19.8 Å². The van der Waals surface area contributed by atoms with Crippen LogP contribution in [0.3, 0.4) is 0 Å². The largest absolute Gasteiger partial charge is 0.384 e. The Hall–Kier alpha value is -1.59. The van der Waals surface area contributed by atoms with Crippen LogP contribution in [0.1, 0.15) is 12.1 Å². The number of methoxy groups -OCH3 is 1. The van der Waals surface area contributed by atoms with E-state index in [-0.39, 0.29) is 0 Å². The topological polar surface area (TPSA) is 55.8 Å². The lowest BCUT2D eigenvalue weighted by atomic mass is 10.1. The standard InChI is InChI=1S/C14H20N4O/c1-19-10-11-5-7-17(9-11)14-12(8-15)18-6-3-2-4-13(18)16-14/h2-4,6,11H,5,7-10,15H2,1H3. The van der Waals surface area contributed by atoms with Crippen LogP contribution in [-0.4, -0.2) is 36.2 Å². The average Bonchev–Trinajstić information content (AvgIpc) is 3.02. The van der Waals surface area contributed by atoms with Gasteiger partial charge in [-0.05, 0) is 18.6 Å². The molecule has 19 heavy (non-hydrogen) atoms. The summed E-state index contributed by atoms with van der Waals surface area (Å²) in [7, 11) is 1.76. The number of hydrogen-bond acceptors (Lipinski definition) is 4. The highest BCUT2D eigenvalue weighted by Crippen LogP contribution is 2.27. The summed E-state index contributed by atoms with van der Waals surface area (Å²) in [6, 6.07) is 6.03. The molecule has 0 spiro atoms. The van der Waals surface area contributed by atoms with E-state index >= 15 is 0 Å². The van der Waals surface area contributed by atoms with Crippen molar-refractivity contribution in [3.63, 3.8) is 0 Å². The van der Waals surface area contributed by atoms with Crippen molar-refractivity contribution in [3.8, 4) is 0 Å². The Morgan fingerprint density at radius 1 is 1.47 bits per heavy atom. The number of imidazole rings is 1. The Bertz CT molecular complexity index is 566. The Balaban J connectivity index is 1.92. The van der Waals surface area contributed by atoms with E-state index in [0.717, 1.165) is 43.3 Å². The van der Waals surface area contributed by atoms with E-state index in [1.807, 2.05) is 24.4 Å². The highest BCUT2D eigenvalue weighted by molar-refractivity contribution is 5.56. The molecule has 0 amide bonds. The number of nitrogens with two attached hydrogens (primary N) is 1. The molecular weight excluding hydrogens is 240 g/mol. The number of aromatic nitrogens is 2. The third kappa shape index (κ3) is 2.19. The Morgan fingerprint density at radius 2 is 2.37 bits per heavy atom. The van der Waals surface area contributed by atoms with Crippen LogP contribution in [-0.2, 0) is 11.3 Å². The van der Waals surface area contributed by atoms with Crippen LogP contribution in [0.4, 0.5) is 5.82 Å². The third-order valence-corrected chi connectivity index (χ3v) is 3.79. The molecule has 1 unspecified atom stereocenters. The number of rotatable bonds is 4. The maximum absolute atomic E-state index is 5.91. The first-order valence-electron chi connectivity index (χ1n) is 6.73. The molecule has 3 heterocycles. The average molecular weight is 260 g/mol. The van der Waals surface area contributed by atoms with E-state index in [4.69, 9.17) is 15.5 Å². The second kappa shape index (κ2) is 5.19. The zero-order valence-corrected chi connectivity index (χ0v) is 11.2. The van der Waals surface area contributed by atoms with E-state index in [9.17, 15) is 0 Å². The van der Waals surface area contributed by atoms with E-state index in [2.05, 4.69) is 9.30 Å². The minimum atomic E-state index is 0.506. The second-order valence-corrected chi connectivity index (χ2v) is 5.07. The SMILES string of the molecule is COCC1CCN(c2nc3ccccn3c2CN)C1. The second-order valence-electron chi connectivity index (χ2n) is 5.07. The van der Waals surface area contributed by atoms with Crippen LogP contribution in [0.25, 0.3) is 5.65 Å². The number of nitrogens with zero attached hydrogens (tertiary/aromatic N) is 3. The zero-order chi connectivity index (χ0) is 13.2. The Kier molecular flexibility index (Phi) is 3.40. The quantitative estimate of drug-likeness (QED) is 0.899. The van der Waals surface area contributed by atoms with Crippen LogP contribution in [0.5, 0.6) is 0 Å². The van der Waals surface area contributed by atoms with Gasteiger partial charge in [-0.25, -0.2) is 4.98 Å². The minimum Gasteiger partial charge on any atom is -0.384 e. The molecule has 1 aliphatic heterocycles. The van der Waals surface area contributed by atoms with Crippen molar-refractivity contribution in [2.45, 2.75) is 13.0 Å². The molecular formula is C14H20N4O. The number of pyridine rings is 1. The van der Waals surface area contributed by atoms with Gasteiger partial charge in [0, 0.05) is 38.9 Å². The van der Waals surface area contributed by atoms with E-state index in [1.54, 1.807) is 7.11 Å². The first-order valence-corrected chi connectivity index (χ1v) is 6.73.